The maximum atomic E-state index is 14.7. The maximum absolute atomic E-state index is 14.7. The molecule has 0 aliphatic heterocycles. The largest absolute Gasteiger partial charge is 0.310 e. The van der Waals surface area contributed by atoms with Crippen LogP contribution in [0.25, 0.3) is 32.3 Å². The Kier molecular flexibility index (Phi) is 4.59. The third-order valence-electron chi connectivity index (χ3n) is 6.41. The first kappa shape index (κ1) is 20.6. The van der Waals surface area contributed by atoms with E-state index in [4.69, 9.17) is 0 Å². The van der Waals surface area contributed by atoms with E-state index in [0.717, 1.165) is 38.0 Å². The van der Waals surface area contributed by atoms with Gasteiger partial charge in [-0.05, 0) is 69.4 Å². The first-order valence-electron chi connectivity index (χ1n) is 10.9. The zero-order valence-corrected chi connectivity index (χ0v) is 18.3. The van der Waals surface area contributed by atoms with Crippen LogP contribution >= 0.6 is 0 Å². The van der Waals surface area contributed by atoms with Gasteiger partial charge in [0, 0.05) is 16.8 Å². The molecule has 0 unspecified atom stereocenters. The maximum Gasteiger partial charge on any atom is 0.143 e. The minimum atomic E-state index is -0.665. The summed E-state index contributed by atoms with van der Waals surface area (Å²) in [5.74, 6) is -1.33. The first-order chi connectivity index (χ1) is 17.1. The van der Waals surface area contributed by atoms with Gasteiger partial charge in [-0.25, -0.2) is 8.78 Å². The van der Waals surface area contributed by atoms with Crippen molar-refractivity contribution in [2.24, 2.45) is 0 Å². The van der Waals surface area contributed by atoms with Crippen molar-refractivity contribution < 1.29 is 8.78 Å². The highest BCUT2D eigenvalue weighted by Gasteiger charge is 2.20. The van der Waals surface area contributed by atoms with E-state index in [9.17, 15) is 19.3 Å². The minimum absolute atomic E-state index is 0.0740. The standard InChI is InChI=1S/C30H15F2N3/c31-26-14-23(10-6-21(26)16-33)35(24-11-7-22(17-34)27(32)15-24)28-13-9-20-5-4-18-2-1-3-19-8-12-25(28)30(20)29(18)19/h1-15H. The Morgan fingerprint density at radius 3 is 1.63 bits per heavy atom. The number of rotatable bonds is 3. The van der Waals surface area contributed by atoms with E-state index in [0.29, 0.717) is 11.4 Å². The number of halogens is 2. The quantitative estimate of drug-likeness (QED) is 0.254. The van der Waals surface area contributed by atoms with Crippen molar-refractivity contribution >= 4 is 49.4 Å². The Morgan fingerprint density at radius 2 is 1.09 bits per heavy atom. The molecule has 0 heterocycles. The first-order valence-corrected chi connectivity index (χ1v) is 10.9. The lowest BCUT2D eigenvalue weighted by molar-refractivity contribution is 0.623. The van der Waals surface area contributed by atoms with Crippen molar-refractivity contribution in [2.45, 2.75) is 0 Å². The summed E-state index contributed by atoms with van der Waals surface area (Å²) in [5.41, 5.74) is 1.44. The van der Waals surface area contributed by atoms with Gasteiger partial charge in [-0.3, -0.25) is 0 Å². The Labute approximate surface area is 199 Å². The van der Waals surface area contributed by atoms with Gasteiger partial charge in [0.1, 0.15) is 23.8 Å². The van der Waals surface area contributed by atoms with E-state index in [1.54, 1.807) is 17.0 Å². The second-order valence-corrected chi connectivity index (χ2v) is 8.33. The average Bonchev–Trinajstić information content (AvgIpc) is 2.88. The van der Waals surface area contributed by atoms with Gasteiger partial charge in [0.25, 0.3) is 0 Å². The molecule has 0 bridgehead atoms. The van der Waals surface area contributed by atoms with Gasteiger partial charge in [-0.15, -0.1) is 0 Å². The molecule has 0 fully saturated rings. The molecular weight excluding hydrogens is 440 g/mol. The van der Waals surface area contributed by atoms with E-state index < -0.39 is 11.6 Å². The summed E-state index contributed by atoms with van der Waals surface area (Å²) in [6.07, 6.45) is 0. The van der Waals surface area contributed by atoms with Gasteiger partial charge in [0.05, 0.1) is 16.8 Å². The zero-order chi connectivity index (χ0) is 24.1. The van der Waals surface area contributed by atoms with E-state index in [-0.39, 0.29) is 11.1 Å². The van der Waals surface area contributed by atoms with Crippen molar-refractivity contribution in [1.29, 1.82) is 10.5 Å². The van der Waals surface area contributed by atoms with Crippen LogP contribution < -0.4 is 4.90 Å². The summed E-state index contributed by atoms with van der Waals surface area (Å²) in [5, 5.41) is 24.8. The van der Waals surface area contributed by atoms with Crippen LogP contribution in [0, 0.1) is 34.3 Å². The molecule has 6 aromatic rings. The van der Waals surface area contributed by atoms with Crippen LogP contribution in [-0.2, 0) is 0 Å². The van der Waals surface area contributed by atoms with Crippen molar-refractivity contribution in [3.05, 3.63) is 114 Å². The predicted molar refractivity (Wildman–Crippen MR) is 134 cm³/mol. The highest BCUT2D eigenvalue weighted by atomic mass is 19.1. The number of anilines is 3. The molecule has 0 aromatic heterocycles. The molecule has 3 nitrogen and oxygen atoms in total. The molecule has 0 aliphatic carbocycles. The zero-order valence-electron chi connectivity index (χ0n) is 18.3. The Balaban J connectivity index is 1.69. The van der Waals surface area contributed by atoms with Crippen molar-refractivity contribution in [1.82, 2.24) is 0 Å². The minimum Gasteiger partial charge on any atom is -0.310 e. The molecule has 6 aromatic carbocycles. The van der Waals surface area contributed by atoms with Crippen LogP contribution in [0.3, 0.4) is 0 Å². The molecule has 0 saturated carbocycles. The molecule has 5 heteroatoms. The van der Waals surface area contributed by atoms with Crippen LogP contribution in [0.2, 0.25) is 0 Å². The Morgan fingerprint density at radius 1 is 0.571 bits per heavy atom. The molecule has 6 rings (SSSR count). The topological polar surface area (TPSA) is 50.8 Å². The number of hydrogen-bond acceptors (Lipinski definition) is 3. The molecule has 0 radical (unpaired) electrons. The van der Waals surface area contributed by atoms with Crippen molar-refractivity contribution in [3.63, 3.8) is 0 Å². The van der Waals surface area contributed by atoms with Crippen molar-refractivity contribution in [2.75, 3.05) is 4.90 Å². The number of hydrogen-bond donors (Lipinski definition) is 0. The molecule has 0 saturated heterocycles. The molecule has 164 valence electrons. The van der Waals surface area contributed by atoms with Crippen LogP contribution in [0.5, 0.6) is 0 Å². The summed E-state index contributed by atoms with van der Waals surface area (Å²) in [7, 11) is 0. The van der Waals surface area contributed by atoms with Gasteiger partial charge in [0.2, 0.25) is 0 Å². The molecule has 0 atom stereocenters. The molecule has 0 amide bonds. The van der Waals surface area contributed by atoms with Gasteiger partial charge < -0.3 is 4.90 Å². The predicted octanol–water partition coefficient (Wildman–Crippen LogP) is 8.08. The van der Waals surface area contributed by atoms with Crippen molar-refractivity contribution in [3.8, 4) is 12.1 Å². The van der Waals surface area contributed by atoms with Gasteiger partial charge >= 0.3 is 0 Å². The molecule has 35 heavy (non-hydrogen) atoms. The summed E-state index contributed by atoms with van der Waals surface area (Å²) in [4.78, 5) is 1.75. The van der Waals surface area contributed by atoms with E-state index in [2.05, 4.69) is 24.3 Å². The van der Waals surface area contributed by atoms with E-state index in [1.807, 2.05) is 42.5 Å². The molecule has 0 aliphatic rings. The normalized spacial score (nSPS) is 11.1. The number of nitriles is 2. The van der Waals surface area contributed by atoms with Crippen LogP contribution in [0.1, 0.15) is 11.1 Å². The SMILES string of the molecule is N#Cc1ccc(N(c2ccc(C#N)c(F)c2)c2ccc3ccc4cccc5ccc2c3c45)cc1F. The Bertz CT molecular complexity index is 1780. The summed E-state index contributed by atoms with van der Waals surface area (Å²) < 4.78 is 29.4. The molecule has 0 spiro atoms. The summed E-state index contributed by atoms with van der Waals surface area (Å²) in [6, 6.07) is 30.6. The van der Waals surface area contributed by atoms with Crippen LogP contribution in [0.15, 0.2) is 91.0 Å². The highest BCUT2D eigenvalue weighted by molar-refractivity contribution is 6.25. The second-order valence-electron chi connectivity index (χ2n) is 8.33. The summed E-state index contributed by atoms with van der Waals surface area (Å²) >= 11 is 0. The van der Waals surface area contributed by atoms with Gasteiger partial charge in [-0.1, -0.05) is 48.5 Å². The fraction of sp³-hybridized carbons (Fsp3) is 0. The number of benzene rings is 6. The lowest BCUT2D eigenvalue weighted by Gasteiger charge is -2.28. The summed E-state index contributed by atoms with van der Waals surface area (Å²) in [6.45, 7) is 0. The molecule has 0 N–H and O–H groups in total. The number of nitrogens with zero attached hydrogens (tertiary/aromatic N) is 3. The monoisotopic (exact) mass is 455 g/mol. The lowest BCUT2D eigenvalue weighted by atomic mass is 9.93. The van der Waals surface area contributed by atoms with Crippen LogP contribution in [-0.4, -0.2) is 0 Å². The molecular formula is C30H15F2N3. The fourth-order valence-corrected chi connectivity index (χ4v) is 4.81. The van der Waals surface area contributed by atoms with Gasteiger partial charge in [0.15, 0.2) is 0 Å². The Hall–Kier alpha value is -5.00. The average molecular weight is 455 g/mol. The third kappa shape index (κ3) is 3.14. The second kappa shape index (κ2) is 7.80. The fourth-order valence-electron chi connectivity index (χ4n) is 4.81. The van der Waals surface area contributed by atoms with Gasteiger partial charge in [-0.2, -0.15) is 10.5 Å². The third-order valence-corrected chi connectivity index (χ3v) is 6.41. The lowest BCUT2D eigenvalue weighted by Crippen LogP contribution is -2.12. The highest BCUT2D eigenvalue weighted by Crippen LogP contribution is 2.44. The smallest absolute Gasteiger partial charge is 0.143 e. The van der Waals surface area contributed by atoms with E-state index in [1.165, 1.54) is 24.3 Å². The van der Waals surface area contributed by atoms with E-state index >= 15 is 0 Å². The van der Waals surface area contributed by atoms with Crippen LogP contribution in [0.4, 0.5) is 25.8 Å².